The lowest BCUT2D eigenvalue weighted by Crippen LogP contribution is -2.14. The molecule has 0 aliphatic rings. The number of phenols is 1. The van der Waals surface area contributed by atoms with Crippen molar-refractivity contribution in [1.29, 1.82) is 0 Å². The van der Waals surface area contributed by atoms with Crippen LogP contribution in [0, 0.1) is 0 Å². The fourth-order valence-electron chi connectivity index (χ4n) is 2.48. The zero-order valence-electron chi connectivity index (χ0n) is 14.0. The number of aliphatic carboxylic acids is 1. The molecule has 2 rings (SSSR count). The van der Waals surface area contributed by atoms with E-state index in [2.05, 4.69) is 0 Å². The van der Waals surface area contributed by atoms with Crippen molar-refractivity contribution in [2.75, 3.05) is 7.11 Å². The van der Waals surface area contributed by atoms with Crippen LogP contribution in [0.15, 0.2) is 42.5 Å². The van der Waals surface area contributed by atoms with E-state index in [1.165, 1.54) is 12.1 Å². The van der Waals surface area contributed by atoms with E-state index >= 15 is 0 Å². The van der Waals surface area contributed by atoms with Crippen molar-refractivity contribution < 1.29 is 24.5 Å². The fraction of sp³-hybridized carbons (Fsp3) is 0.316. The summed E-state index contributed by atoms with van der Waals surface area (Å²) >= 11 is 0. The summed E-state index contributed by atoms with van der Waals surface area (Å²) in [7, 11) is 1.56. The van der Waals surface area contributed by atoms with Crippen LogP contribution >= 0.6 is 0 Å². The van der Waals surface area contributed by atoms with Crippen LogP contribution in [0.5, 0.6) is 17.2 Å². The lowest BCUT2D eigenvalue weighted by molar-refractivity contribution is -0.138. The molecule has 0 aliphatic carbocycles. The van der Waals surface area contributed by atoms with E-state index in [1.807, 2.05) is 19.9 Å². The average Bonchev–Trinajstić information content (AvgIpc) is 2.54. The van der Waals surface area contributed by atoms with Crippen molar-refractivity contribution in [1.82, 2.24) is 0 Å². The van der Waals surface area contributed by atoms with Crippen LogP contribution in [-0.4, -0.2) is 29.4 Å². The Balaban J connectivity index is 2.26. The summed E-state index contributed by atoms with van der Waals surface area (Å²) in [6.45, 7) is 3.86. The molecule has 24 heavy (non-hydrogen) atoms. The van der Waals surface area contributed by atoms with E-state index in [4.69, 9.17) is 9.47 Å². The SMILES string of the molecule is COc1cc(CC(C(=O)O)c2ccc(O)cc2)ccc1OC(C)C. The maximum atomic E-state index is 11.6. The Hall–Kier alpha value is -2.69. The van der Waals surface area contributed by atoms with E-state index in [0.717, 1.165) is 5.56 Å². The van der Waals surface area contributed by atoms with Crippen LogP contribution in [-0.2, 0) is 11.2 Å². The first-order valence-corrected chi connectivity index (χ1v) is 7.76. The highest BCUT2D eigenvalue weighted by Crippen LogP contribution is 2.31. The van der Waals surface area contributed by atoms with Gasteiger partial charge in [-0.25, -0.2) is 0 Å². The van der Waals surface area contributed by atoms with Crippen LogP contribution in [0.2, 0.25) is 0 Å². The third kappa shape index (κ3) is 4.41. The Morgan fingerprint density at radius 2 is 1.75 bits per heavy atom. The van der Waals surface area contributed by atoms with Gasteiger partial charge in [0.25, 0.3) is 0 Å². The predicted octanol–water partition coefficient (Wildman–Crippen LogP) is 3.60. The lowest BCUT2D eigenvalue weighted by Gasteiger charge is -2.17. The topological polar surface area (TPSA) is 76.0 Å². The largest absolute Gasteiger partial charge is 0.508 e. The maximum absolute atomic E-state index is 11.6. The molecule has 1 atom stereocenters. The lowest BCUT2D eigenvalue weighted by atomic mass is 9.92. The van der Waals surface area contributed by atoms with Crippen molar-refractivity contribution in [3.05, 3.63) is 53.6 Å². The number of ether oxygens (including phenoxy) is 2. The molecule has 2 aromatic rings. The summed E-state index contributed by atoms with van der Waals surface area (Å²) < 4.78 is 11.0. The normalized spacial score (nSPS) is 12.0. The van der Waals surface area contributed by atoms with E-state index < -0.39 is 11.9 Å². The number of carboxylic acids is 1. The van der Waals surface area contributed by atoms with Crippen LogP contribution < -0.4 is 9.47 Å². The first-order valence-electron chi connectivity index (χ1n) is 7.76. The Labute approximate surface area is 141 Å². The van der Waals surface area contributed by atoms with Gasteiger partial charge in [-0.15, -0.1) is 0 Å². The highest BCUT2D eigenvalue weighted by molar-refractivity contribution is 5.76. The van der Waals surface area contributed by atoms with Gasteiger partial charge in [0.05, 0.1) is 19.1 Å². The molecule has 0 heterocycles. The summed E-state index contributed by atoms with van der Waals surface area (Å²) in [4.78, 5) is 11.6. The molecular formula is C19H22O5. The summed E-state index contributed by atoms with van der Waals surface area (Å²) in [6.07, 6.45) is 0.340. The average molecular weight is 330 g/mol. The summed E-state index contributed by atoms with van der Waals surface area (Å²) in [5.41, 5.74) is 1.48. The highest BCUT2D eigenvalue weighted by Gasteiger charge is 2.21. The van der Waals surface area contributed by atoms with Gasteiger partial charge < -0.3 is 19.7 Å². The maximum Gasteiger partial charge on any atom is 0.311 e. The summed E-state index contributed by atoms with van der Waals surface area (Å²) in [6, 6.07) is 11.7. The van der Waals surface area contributed by atoms with Gasteiger partial charge in [-0.1, -0.05) is 18.2 Å². The Kier molecular flexibility index (Phi) is 5.68. The molecule has 2 aromatic carbocycles. The molecule has 1 unspecified atom stereocenters. The number of hydrogen-bond acceptors (Lipinski definition) is 4. The van der Waals surface area contributed by atoms with Gasteiger partial charge in [-0.05, 0) is 55.7 Å². The quantitative estimate of drug-likeness (QED) is 0.811. The predicted molar refractivity (Wildman–Crippen MR) is 90.9 cm³/mol. The van der Waals surface area contributed by atoms with Crippen LogP contribution in [0.4, 0.5) is 0 Å². The number of hydrogen-bond donors (Lipinski definition) is 2. The summed E-state index contributed by atoms with van der Waals surface area (Å²) in [5, 5.41) is 18.9. The zero-order chi connectivity index (χ0) is 17.7. The monoisotopic (exact) mass is 330 g/mol. The number of methoxy groups -OCH3 is 1. The molecule has 0 saturated carbocycles. The van der Waals surface area contributed by atoms with Gasteiger partial charge in [0.1, 0.15) is 5.75 Å². The van der Waals surface area contributed by atoms with Gasteiger partial charge >= 0.3 is 5.97 Å². The molecule has 5 heteroatoms. The number of rotatable bonds is 7. The molecule has 0 amide bonds. The first-order chi connectivity index (χ1) is 11.4. The zero-order valence-corrected chi connectivity index (χ0v) is 14.0. The minimum Gasteiger partial charge on any atom is -0.508 e. The van der Waals surface area contributed by atoms with Crippen molar-refractivity contribution >= 4 is 5.97 Å². The Morgan fingerprint density at radius 3 is 2.29 bits per heavy atom. The van der Waals surface area contributed by atoms with Gasteiger partial charge in [0, 0.05) is 0 Å². The molecule has 0 fully saturated rings. The molecule has 2 N–H and O–H groups in total. The molecule has 0 radical (unpaired) electrons. The van der Waals surface area contributed by atoms with Gasteiger partial charge in [-0.2, -0.15) is 0 Å². The second-order valence-electron chi connectivity index (χ2n) is 5.84. The van der Waals surface area contributed by atoms with Crippen molar-refractivity contribution in [2.45, 2.75) is 32.3 Å². The van der Waals surface area contributed by atoms with Crippen molar-refractivity contribution in [2.24, 2.45) is 0 Å². The Bertz CT molecular complexity index is 691. The highest BCUT2D eigenvalue weighted by atomic mass is 16.5. The number of aromatic hydroxyl groups is 1. The van der Waals surface area contributed by atoms with Crippen molar-refractivity contribution in [3.8, 4) is 17.2 Å². The molecule has 0 aliphatic heterocycles. The third-order valence-electron chi connectivity index (χ3n) is 3.62. The smallest absolute Gasteiger partial charge is 0.311 e. The first kappa shape index (κ1) is 17.7. The van der Waals surface area contributed by atoms with Gasteiger partial charge in [-0.3, -0.25) is 4.79 Å². The minimum atomic E-state index is -0.915. The standard InChI is InChI=1S/C19H22O5/c1-12(2)24-17-9-4-13(11-18(17)23-3)10-16(19(21)22)14-5-7-15(20)8-6-14/h4-9,11-12,16,20H,10H2,1-3H3,(H,21,22). The number of carboxylic acid groups (broad SMARTS) is 1. The number of benzene rings is 2. The van der Waals surface area contributed by atoms with E-state index in [-0.39, 0.29) is 11.9 Å². The van der Waals surface area contributed by atoms with Crippen LogP contribution in [0.25, 0.3) is 0 Å². The van der Waals surface area contributed by atoms with Crippen molar-refractivity contribution in [3.63, 3.8) is 0 Å². The van der Waals surface area contributed by atoms with Gasteiger partial charge in [0.2, 0.25) is 0 Å². The van der Waals surface area contributed by atoms with Gasteiger partial charge in [0.15, 0.2) is 11.5 Å². The molecule has 0 spiro atoms. The van der Waals surface area contributed by atoms with E-state index in [1.54, 1.807) is 31.4 Å². The molecule has 5 nitrogen and oxygen atoms in total. The second-order valence-corrected chi connectivity index (χ2v) is 5.84. The molecular weight excluding hydrogens is 308 g/mol. The molecule has 128 valence electrons. The van der Waals surface area contributed by atoms with E-state index in [9.17, 15) is 15.0 Å². The molecule has 0 aromatic heterocycles. The van der Waals surface area contributed by atoms with Crippen LogP contribution in [0.3, 0.4) is 0 Å². The molecule has 0 bridgehead atoms. The fourth-order valence-corrected chi connectivity index (χ4v) is 2.48. The summed E-state index contributed by atoms with van der Waals surface area (Å²) in [5.74, 6) is -0.294. The third-order valence-corrected chi connectivity index (χ3v) is 3.62. The number of phenolic OH excluding ortho intramolecular Hbond substituents is 1. The minimum absolute atomic E-state index is 0.0218. The number of carbonyl (C=O) groups is 1. The second kappa shape index (κ2) is 7.73. The van der Waals surface area contributed by atoms with E-state index in [0.29, 0.717) is 23.5 Å². The van der Waals surface area contributed by atoms with Crippen LogP contribution in [0.1, 0.15) is 30.9 Å². The Morgan fingerprint density at radius 1 is 1.08 bits per heavy atom. The molecule has 0 saturated heterocycles.